The summed E-state index contributed by atoms with van der Waals surface area (Å²) >= 11 is 5.98. The molecule has 7 heteroatoms. The number of pyridine rings is 1. The number of carbonyl (C=O) groups excluding carboxylic acids is 1. The normalized spacial score (nSPS) is 11.9. The van der Waals surface area contributed by atoms with Gasteiger partial charge in [-0.25, -0.2) is 9.37 Å². The third-order valence-corrected chi connectivity index (χ3v) is 4.73. The van der Waals surface area contributed by atoms with Crippen LogP contribution in [0.1, 0.15) is 52.8 Å². The Labute approximate surface area is 190 Å². The smallest absolute Gasteiger partial charge is 0.270 e. The molecule has 1 unspecified atom stereocenters. The Kier molecular flexibility index (Phi) is 6.83. The number of hydrogen-bond acceptors (Lipinski definition) is 4. The van der Waals surface area contributed by atoms with Gasteiger partial charge in [0.2, 0.25) is 0 Å². The van der Waals surface area contributed by atoms with Gasteiger partial charge in [0.15, 0.2) is 0 Å². The Hall–Kier alpha value is -3.40. The standard InChI is InChI=1S/C25H22ClFN2O3/c1-15-12-16(10-11-25(2,3)32)13-21(28-15)24(31)29-23(17-4-6-18(26)7-5-17)20-14-19(27)8-9-22(20)30/h4-9,12-14,23,30,32H,1-3H3,(H,29,31). The molecule has 1 atom stereocenters. The van der Waals surface area contributed by atoms with Gasteiger partial charge in [-0.05, 0) is 68.8 Å². The van der Waals surface area contributed by atoms with E-state index in [0.717, 1.165) is 6.07 Å². The monoisotopic (exact) mass is 452 g/mol. The third-order valence-electron chi connectivity index (χ3n) is 4.48. The maximum Gasteiger partial charge on any atom is 0.270 e. The van der Waals surface area contributed by atoms with Crippen LogP contribution in [-0.2, 0) is 0 Å². The molecule has 0 spiro atoms. The molecule has 0 aliphatic heterocycles. The summed E-state index contributed by atoms with van der Waals surface area (Å²) in [4.78, 5) is 17.4. The van der Waals surface area contributed by atoms with E-state index in [0.29, 0.717) is 21.8 Å². The Morgan fingerprint density at radius 2 is 1.84 bits per heavy atom. The van der Waals surface area contributed by atoms with E-state index in [2.05, 4.69) is 22.1 Å². The summed E-state index contributed by atoms with van der Waals surface area (Å²) in [7, 11) is 0. The van der Waals surface area contributed by atoms with Crippen LogP contribution >= 0.6 is 11.6 Å². The topological polar surface area (TPSA) is 82.5 Å². The number of aromatic nitrogens is 1. The molecule has 164 valence electrons. The molecule has 3 aromatic rings. The molecule has 0 saturated heterocycles. The van der Waals surface area contributed by atoms with E-state index in [1.54, 1.807) is 51.1 Å². The van der Waals surface area contributed by atoms with Crippen molar-refractivity contribution in [3.63, 3.8) is 0 Å². The van der Waals surface area contributed by atoms with Gasteiger partial charge in [-0.1, -0.05) is 35.6 Å². The maximum atomic E-state index is 13.9. The van der Waals surface area contributed by atoms with Crippen LogP contribution in [0, 0.1) is 24.6 Å². The number of rotatable bonds is 4. The fraction of sp³-hybridized carbons (Fsp3) is 0.200. The van der Waals surface area contributed by atoms with Crippen LogP contribution in [0.15, 0.2) is 54.6 Å². The second-order valence-corrected chi connectivity index (χ2v) is 8.29. The number of aliphatic hydroxyl groups is 1. The summed E-state index contributed by atoms with van der Waals surface area (Å²) in [6, 6.07) is 12.5. The second-order valence-electron chi connectivity index (χ2n) is 7.85. The highest BCUT2D eigenvalue weighted by molar-refractivity contribution is 6.30. The lowest BCUT2D eigenvalue weighted by atomic mass is 9.97. The van der Waals surface area contributed by atoms with E-state index in [1.807, 2.05) is 0 Å². The number of nitrogens with zero attached hydrogens (tertiary/aromatic N) is 1. The van der Waals surface area contributed by atoms with Crippen molar-refractivity contribution < 1.29 is 19.4 Å². The van der Waals surface area contributed by atoms with Gasteiger partial charge in [-0.3, -0.25) is 4.79 Å². The van der Waals surface area contributed by atoms with E-state index < -0.39 is 23.4 Å². The van der Waals surface area contributed by atoms with Gasteiger partial charge in [0.1, 0.15) is 22.9 Å². The van der Waals surface area contributed by atoms with Crippen LogP contribution in [0.25, 0.3) is 0 Å². The summed E-state index contributed by atoms with van der Waals surface area (Å²) in [5.41, 5.74) is 0.776. The highest BCUT2D eigenvalue weighted by Crippen LogP contribution is 2.31. The molecule has 0 bridgehead atoms. The van der Waals surface area contributed by atoms with Crippen LogP contribution < -0.4 is 5.32 Å². The minimum absolute atomic E-state index is 0.0971. The zero-order chi connectivity index (χ0) is 23.5. The van der Waals surface area contributed by atoms with Gasteiger partial charge in [0, 0.05) is 21.8 Å². The average molecular weight is 453 g/mol. The van der Waals surface area contributed by atoms with Crippen molar-refractivity contribution in [1.82, 2.24) is 10.3 Å². The minimum Gasteiger partial charge on any atom is -0.508 e. The first kappa shape index (κ1) is 23.3. The fourth-order valence-electron chi connectivity index (χ4n) is 3.04. The number of aryl methyl sites for hydroxylation is 1. The summed E-state index contributed by atoms with van der Waals surface area (Å²) < 4.78 is 13.9. The zero-order valence-electron chi connectivity index (χ0n) is 17.8. The largest absolute Gasteiger partial charge is 0.508 e. The van der Waals surface area contributed by atoms with Gasteiger partial charge in [-0.2, -0.15) is 0 Å². The van der Waals surface area contributed by atoms with Crippen molar-refractivity contribution in [2.45, 2.75) is 32.4 Å². The summed E-state index contributed by atoms with van der Waals surface area (Å²) in [6.45, 7) is 4.84. The molecule has 0 radical (unpaired) electrons. The Balaban J connectivity index is 2.00. The summed E-state index contributed by atoms with van der Waals surface area (Å²) in [6.07, 6.45) is 0. The first-order chi connectivity index (χ1) is 15.0. The van der Waals surface area contributed by atoms with E-state index in [9.17, 15) is 19.4 Å². The SMILES string of the molecule is Cc1cc(C#CC(C)(C)O)cc(C(=O)NC(c2ccc(Cl)cc2)c2cc(F)ccc2O)n1. The molecular weight excluding hydrogens is 431 g/mol. The van der Waals surface area contributed by atoms with Crippen LogP contribution in [0.4, 0.5) is 4.39 Å². The van der Waals surface area contributed by atoms with Crippen molar-refractivity contribution in [1.29, 1.82) is 0 Å². The lowest BCUT2D eigenvalue weighted by Crippen LogP contribution is -2.30. The maximum absolute atomic E-state index is 13.9. The van der Waals surface area contributed by atoms with Gasteiger partial charge in [0.25, 0.3) is 5.91 Å². The number of hydrogen-bond donors (Lipinski definition) is 3. The molecule has 5 nitrogen and oxygen atoms in total. The number of amides is 1. The van der Waals surface area contributed by atoms with Crippen molar-refractivity contribution in [2.75, 3.05) is 0 Å². The molecule has 1 amide bonds. The first-order valence-electron chi connectivity index (χ1n) is 9.81. The number of aromatic hydroxyl groups is 1. The Bertz CT molecular complexity index is 1210. The lowest BCUT2D eigenvalue weighted by molar-refractivity contribution is 0.0937. The fourth-order valence-corrected chi connectivity index (χ4v) is 3.17. The highest BCUT2D eigenvalue weighted by atomic mass is 35.5. The average Bonchev–Trinajstić information content (AvgIpc) is 2.72. The molecule has 1 aromatic heterocycles. The quantitative estimate of drug-likeness (QED) is 0.508. The van der Waals surface area contributed by atoms with Gasteiger partial charge in [-0.15, -0.1) is 0 Å². The van der Waals surface area contributed by atoms with Crippen molar-refractivity contribution in [2.24, 2.45) is 0 Å². The third kappa shape index (κ3) is 6.07. The predicted molar refractivity (Wildman–Crippen MR) is 121 cm³/mol. The molecule has 1 heterocycles. The van der Waals surface area contributed by atoms with Crippen LogP contribution in [0.5, 0.6) is 5.75 Å². The van der Waals surface area contributed by atoms with Crippen molar-refractivity contribution in [3.8, 4) is 17.6 Å². The number of halogens is 2. The van der Waals surface area contributed by atoms with Crippen molar-refractivity contribution >= 4 is 17.5 Å². The van der Waals surface area contributed by atoms with E-state index in [4.69, 9.17) is 11.6 Å². The first-order valence-corrected chi connectivity index (χ1v) is 10.2. The van der Waals surface area contributed by atoms with Crippen molar-refractivity contribution in [3.05, 3.63) is 93.5 Å². The molecule has 3 N–H and O–H groups in total. The molecule has 0 fully saturated rings. The van der Waals surface area contributed by atoms with Crippen LogP contribution in [0.2, 0.25) is 5.02 Å². The van der Waals surface area contributed by atoms with E-state index in [-0.39, 0.29) is 17.0 Å². The molecule has 2 aromatic carbocycles. The van der Waals surface area contributed by atoms with Crippen LogP contribution in [-0.4, -0.2) is 26.7 Å². The predicted octanol–water partition coefficient (Wildman–Crippen LogP) is 4.53. The highest BCUT2D eigenvalue weighted by Gasteiger charge is 2.22. The molecule has 3 rings (SSSR count). The molecule has 0 aliphatic rings. The summed E-state index contributed by atoms with van der Waals surface area (Å²) in [5, 5.41) is 23.5. The van der Waals surface area contributed by atoms with Gasteiger partial charge < -0.3 is 15.5 Å². The van der Waals surface area contributed by atoms with Gasteiger partial charge in [0.05, 0.1) is 6.04 Å². The lowest BCUT2D eigenvalue weighted by Gasteiger charge is -2.21. The molecule has 0 saturated carbocycles. The minimum atomic E-state index is -1.19. The number of phenolic OH excluding ortho intramolecular Hbond substituents is 1. The summed E-state index contributed by atoms with van der Waals surface area (Å²) in [5.74, 6) is 4.28. The molecular formula is C25H22ClFN2O3. The molecule has 32 heavy (non-hydrogen) atoms. The van der Waals surface area contributed by atoms with Crippen LogP contribution in [0.3, 0.4) is 0 Å². The van der Waals surface area contributed by atoms with E-state index >= 15 is 0 Å². The second kappa shape index (κ2) is 9.39. The van der Waals surface area contributed by atoms with Gasteiger partial charge >= 0.3 is 0 Å². The number of benzene rings is 2. The Morgan fingerprint density at radius 1 is 1.16 bits per heavy atom. The van der Waals surface area contributed by atoms with E-state index in [1.165, 1.54) is 18.2 Å². The number of nitrogens with one attached hydrogen (secondary N) is 1. The zero-order valence-corrected chi connectivity index (χ0v) is 18.5. The molecule has 0 aliphatic carbocycles. The number of phenols is 1. The number of carbonyl (C=O) groups is 1. The Morgan fingerprint density at radius 3 is 2.50 bits per heavy atom.